The highest BCUT2D eigenvalue weighted by Gasteiger charge is 2.19. The first-order valence-corrected chi connectivity index (χ1v) is 12.8. The number of carbonyl (C=O) groups is 1. The van der Waals surface area contributed by atoms with E-state index >= 15 is 0 Å². The van der Waals surface area contributed by atoms with Crippen LogP contribution in [0.4, 0.5) is 17.5 Å². The third-order valence-corrected chi connectivity index (χ3v) is 6.58. The van der Waals surface area contributed by atoms with Crippen LogP contribution in [0.5, 0.6) is 0 Å². The van der Waals surface area contributed by atoms with Gasteiger partial charge in [0.2, 0.25) is 5.95 Å². The summed E-state index contributed by atoms with van der Waals surface area (Å²) in [5.74, 6) is 2.83. The zero-order chi connectivity index (χ0) is 26.1. The second-order valence-electron chi connectivity index (χ2n) is 10.0. The van der Waals surface area contributed by atoms with Gasteiger partial charge in [-0.05, 0) is 69.1 Å². The summed E-state index contributed by atoms with van der Waals surface area (Å²) in [7, 11) is 4.06. The van der Waals surface area contributed by atoms with Gasteiger partial charge in [-0.3, -0.25) is 5.21 Å². The first-order valence-electron chi connectivity index (χ1n) is 12.8. The van der Waals surface area contributed by atoms with Crippen LogP contribution in [0.15, 0.2) is 48.5 Å². The molecule has 0 aliphatic heterocycles. The van der Waals surface area contributed by atoms with Crippen molar-refractivity contribution in [2.24, 2.45) is 5.92 Å². The predicted octanol–water partition coefficient (Wildman–Crippen LogP) is 6.02. The van der Waals surface area contributed by atoms with E-state index in [0.717, 1.165) is 46.2 Å². The van der Waals surface area contributed by atoms with Crippen molar-refractivity contribution >= 4 is 40.9 Å². The lowest BCUT2D eigenvalue weighted by Gasteiger charge is -2.27. The molecule has 7 heteroatoms. The first kappa shape index (κ1) is 27.1. The summed E-state index contributed by atoms with van der Waals surface area (Å²) in [6.45, 7) is 7.31. The number of carbonyl (C=O) groups excluding carboxylic acids is 1. The van der Waals surface area contributed by atoms with Crippen molar-refractivity contribution in [2.45, 2.75) is 64.8 Å². The molecule has 1 heterocycles. The maximum Gasteiger partial charge on any atom is 0.256 e. The minimum absolute atomic E-state index is 0.228. The molecule has 1 aromatic heterocycles. The Morgan fingerprint density at radius 3 is 2.36 bits per heavy atom. The third kappa shape index (κ3) is 8.04. The van der Waals surface area contributed by atoms with Crippen LogP contribution in [0.1, 0.15) is 57.9 Å². The van der Waals surface area contributed by atoms with Gasteiger partial charge in [0.1, 0.15) is 11.6 Å². The summed E-state index contributed by atoms with van der Waals surface area (Å²) < 4.78 is 0.833. The highest BCUT2D eigenvalue weighted by Crippen LogP contribution is 2.28. The number of para-hydroxylation sites is 1. The standard InChI is InChI=1S/C17H24N4.C12H16NO2/c1-12-8-10-13(11-9-12)18-17-19-15-7-5-4-6-14(15)16(20-17)21(2)3;1-10(14)4-3-5-11-6-8-12(9-7-11)13(2)15/h4-7,12-13H,8-11H2,1-3H3,(H,18,19,20);6-9,15H,2-5H2,1H3/q;+1. The van der Waals surface area contributed by atoms with Crippen LogP contribution in [-0.4, -0.2) is 52.6 Å². The first-order chi connectivity index (χ1) is 17.2. The lowest BCUT2D eigenvalue weighted by molar-refractivity contribution is -0.706. The molecule has 1 fully saturated rings. The smallest absolute Gasteiger partial charge is 0.256 e. The molecule has 2 aromatic carbocycles. The summed E-state index contributed by atoms with van der Waals surface area (Å²) in [5, 5.41) is 13.7. The Bertz CT molecular complexity index is 1150. The van der Waals surface area contributed by atoms with Crippen molar-refractivity contribution in [2.75, 3.05) is 24.3 Å². The second kappa shape index (κ2) is 13.0. The summed E-state index contributed by atoms with van der Waals surface area (Å²) in [5.41, 5.74) is 2.83. The van der Waals surface area contributed by atoms with Crippen LogP contribution in [0.2, 0.25) is 0 Å². The Balaban J connectivity index is 0.000000214. The average molecular weight is 491 g/mol. The molecule has 1 aliphatic carbocycles. The molecule has 0 amide bonds. The number of ketones is 1. The van der Waals surface area contributed by atoms with Gasteiger partial charge in [-0.15, -0.1) is 0 Å². The van der Waals surface area contributed by atoms with Crippen LogP contribution in [0, 0.1) is 5.92 Å². The molecule has 4 rings (SSSR count). The monoisotopic (exact) mass is 490 g/mol. The minimum atomic E-state index is 0.228. The van der Waals surface area contributed by atoms with Gasteiger partial charge in [0, 0.05) is 48.8 Å². The number of rotatable bonds is 8. The highest BCUT2D eigenvalue weighted by atomic mass is 16.5. The SMILES string of the molecule is C=[N+](O)c1ccc(CCCC(C)=O)cc1.CC1CCC(Nc2nc(N(C)C)c3ccccc3n2)CC1. The number of aryl methyl sites for hydroxylation is 1. The molecule has 1 aliphatic rings. The van der Waals surface area contributed by atoms with Crippen LogP contribution in [0.25, 0.3) is 10.9 Å². The topological polar surface area (TPSA) is 81.4 Å². The zero-order valence-corrected chi connectivity index (χ0v) is 22.1. The predicted molar refractivity (Wildman–Crippen MR) is 148 cm³/mol. The Morgan fingerprint density at radius 2 is 1.75 bits per heavy atom. The molecule has 0 radical (unpaired) electrons. The van der Waals surface area contributed by atoms with E-state index in [0.29, 0.717) is 18.2 Å². The van der Waals surface area contributed by atoms with Crippen LogP contribution >= 0.6 is 0 Å². The van der Waals surface area contributed by atoms with E-state index in [1.807, 2.05) is 38.4 Å². The minimum Gasteiger partial charge on any atom is -0.362 e. The molecule has 0 unspecified atom stereocenters. The van der Waals surface area contributed by atoms with E-state index in [1.54, 1.807) is 19.1 Å². The third-order valence-electron chi connectivity index (χ3n) is 6.58. The Morgan fingerprint density at radius 1 is 1.08 bits per heavy atom. The van der Waals surface area contributed by atoms with Gasteiger partial charge in [0.05, 0.1) is 5.52 Å². The lowest BCUT2D eigenvalue weighted by atomic mass is 9.87. The molecular formula is C29H40N5O2+. The largest absolute Gasteiger partial charge is 0.362 e. The molecule has 7 nitrogen and oxygen atoms in total. The molecule has 0 saturated heterocycles. The van der Waals surface area contributed by atoms with E-state index in [-0.39, 0.29) is 5.78 Å². The lowest BCUT2D eigenvalue weighted by Crippen LogP contribution is -2.26. The maximum absolute atomic E-state index is 10.7. The van der Waals surface area contributed by atoms with Gasteiger partial charge in [-0.1, -0.05) is 31.2 Å². The van der Waals surface area contributed by atoms with E-state index in [2.05, 4.69) is 41.0 Å². The molecular weight excluding hydrogens is 450 g/mol. The van der Waals surface area contributed by atoms with E-state index in [1.165, 1.54) is 31.2 Å². The average Bonchev–Trinajstić information content (AvgIpc) is 2.85. The molecule has 192 valence electrons. The number of nitrogens with zero attached hydrogens (tertiary/aromatic N) is 4. The van der Waals surface area contributed by atoms with Gasteiger partial charge in [0.15, 0.2) is 6.72 Å². The molecule has 0 bridgehead atoms. The summed E-state index contributed by atoms with van der Waals surface area (Å²) >= 11 is 0. The zero-order valence-electron chi connectivity index (χ0n) is 22.1. The van der Waals surface area contributed by atoms with Gasteiger partial charge in [0.25, 0.3) is 5.69 Å². The maximum atomic E-state index is 10.7. The van der Waals surface area contributed by atoms with Crippen molar-refractivity contribution < 1.29 is 14.7 Å². The normalized spacial score (nSPS) is 17.1. The quantitative estimate of drug-likeness (QED) is 0.174. The van der Waals surface area contributed by atoms with E-state index < -0.39 is 0 Å². The van der Waals surface area contributed by atoms with Gasteiger partial charge >= 0.3 is 0 Å². The molecule has 0 spiro atoms. The number of Topliss-reactive ketones (excluding diaryl/α,β-unsaturated/α-hetero) is 1. The number of fused-ring (bicyclic) bond motifs is 1. The van der Waals surface area contributed by atoms with Gasteiger partial charge in [-0.25, -0.2) is 4.98 Å². The number of aromatic nitrogens is 2. The summed E-state index contributed by atoms with van der Waals surface area (Å²) in [6, 6.07) is 16.2. The summed E-state index contributed by atoms with van der Waals surface area (Å²) in [4.78, 5) is 22.2. The van der Waals surface area contributed by atoms with Crippen molar-refractivity contribution in [3.63, 3.8) is 0 Å². The fourth-order valence-corrected chi connectivity index (χ4v) is 4.43. The van der Waals surface area contributed by atoms with Crippen molar-refractivity contribution in [3.8, 4) is 0 Å². The second-order valence-corrected chi connectivity index (χ2v) is 10.0. The molecule has 1 saturated carbocycles. The molecule has 3 aromatic rings. The van der Waals surface area contributed by atoms with Crippen LogP contribution < -0.4 is 10.2 Å². The van der Waals surface area contributed by atoms with Crippen LogP contribution in [-0.2, 0) is 11.2 Å². The van der Waals surface area contributed by atoms with Crippen molar-refractivity contribution in [1.29, 1.82) is 0 Å². The van der Waals surface area contributed by atoms with Crippen LogP contribution in [0.3, 0.4) is 0 Å². The van der Waals surface area contributed by atoms with E-state index in [4.69, 9.17) is 10.2 Å². The fraction of sp³-hybridized carbons (Fsp3) is 0.448. The Hall–Kier alpha value is -3.48. The molecule has 36 heavy (non-hydrogen) atoms. The number of hydrogen-bond donors (Lipinski definition) is 2. The Labute approximate surface area is 214 Å². The summed E-state index contributed by atoms with van der Waals surface area (Å²) in [6.07, 6.45) is 7.43. The number of nitrogens with one attached hydrogen (secondary N) is 1. The van der Waals surface area contributed by atoms with Crippen molar-refractivity contribution in [3.05, 3.63) is 54.1 Å². The fourth-order valence-electron chi connectivity index (χ4n) is 4.43. The highest BCUT2D eigenvalue weighted by molar-refractivity contribution is 5.90. The Kier molecular flexibility index (Phi) is 9.79. The molecule has 2 N–H and O–H groups in total. The number of hydrogen-bond acceptors (Lipinski definition) is 6. The van der Waals surface area contributed by atoms with Crippen molar-refractivity contribution in [1.82, 2.24) is 9.97 Å². The van der Waals surface area contributed by atoms with E-state index in [9.17, 15) is 4.79 Å². The van der Waals surface area contributed by atoms with Gasteiger partial charge < -0.3 is 15.0 Å². The molecule has 0 atom stereocenters. The number of anilines is 2. The number of benzene rings is 2. The van der Waals surface area contributed by atoms with Gasteiger partial charge in [-0.2, -0.15) is 4.98 Å².